The summed E-state index contributed by atoms with van der Waals surface area (Å²) in [5.41, 5.74) is 2.98. The molecule has 3 aliphatic carbocycles. The Morgan fingerprint density at radius 2 is 2.08 bits per heavy atom. The second-order valence-corrected chi connectivity index (χ2v) is 8.93. The topological polar surface area (TPSA) is 40.5 Å². The van der Waals surface area contributed by atoms with Crippen molar-refractivity contribution in [2.24, 2.45) is 23.2 Å². The highest BCUT2D eigenvalue weighted by Crippen LogP contribution is 2.62. The van der Waals surface area contributed by atoms with Crippen molar-refractivity contribution in [2.75, 3.05) is 0 Å². The normalized spacial score (nSPS) is 40.7. The van der Waals surface area contributed by atoms with Gasteiger partial charge in [-0.3, -0.25) is 0 Å². The van der Waals surface area contributed by atoms with Crippen molar-refractivity contribution >= 4 is 0 Å². The Kier molecular flexibility index (Phi) is 4.15. The number of hydrogen-bond donors (Lipinski definition) is 2. The molecule has 2 N–H and O–H groups in total. The maximum absolute atomic E-state index is 11.1. The second kappa shape index (κ2) is 6.05. The summed E-state index contributed by atoms with van der Waals surface area (Å²) in [5.74, 6) is 2.96. The van der Waals surface area contributed by atoms with Crippen molar-refractivity contribution in [1.82, 2.24) is 0 Å². The van der Waals surface area contributed by atoms with Crippen LogP contribution in [0.15, 0.2) is 18.2 Å². The van der Waals surface area contributed by atoms with Crippen molar-refractivity contribution < 1.29 is 10.2 Å². The zero-order chi connectivity index (χ0) is 16.9. The summed E-state index contributed by atoms with van der Waals surface area (Å²) >= 11 is 0. The monoisotopic (exact) mass is 328 g/mol. The van der Waals surface area contributed by atoms with Gasteiger partial charge in [0.1, 0.15) is 5.75 Å². The first-order valence-corrected chi connectivity index (χ1v) is 10.0. The standard InChI is InChI=1S/C22H32O2/c1-3-4-5-15-13-20-19-8-6-14-12-16(23)7-9-17(14)18(19)10-11-22(20,2)21(15)24/h7,9,12,15,18-21,23-24H,3-6,8,10-11,13H2,1-2H3/t15-,18+,19+,20-,21-,22-/m0/s1. The minimum Gasteiger partial charge on any atom is -0.508 e. The molecule has 6 atom stereocenters. The fraction of sp³-hybridized carbons (Fsp3) is 0.727. The third kappa shape index (κ3) is 2.41. The van der Waals surface area contributed by atoms with Crippen LogP contribution in [0.25, 0.3) is 0 Å². The van der Waals surface area contributed by atoms with E-state index in [4.69, 9.17) is 0 Å². The Bertz CT molecular complexity index is 610. The van der Waals surface area contributed by atoms with E-state index in [9.17, 15) is 10.2 Å². The summed E-state index contributed by atoms with van der Waals surface area (Å²) in [5, 5.41) is 20.9. The number of unbranched alkanes of at least 4 members (excludes halogenated alkanes) is 1. The van der Waals surface area contributed by atoms with E-state index in [1.165, 1.54) is 49.7 Å². The first-order chi connectivity index (χ1) is 11.5. The van der Waals surface area contributed by atoms with Gasteiger partial charge < -0.3 is 10.2 Å². The molecule has 0 spiro atoms. The van der Waals surface area contributed by atoms with Crippen molar-refractivity contribution in [3.8, 4) is 5.75 Å². The van der Waals surface area contributed by atoms with E-state index >= 15 is 0 Å². The summed E-state index contributed by atoms with van der Waals surface area (Å²) < 4.78 is 0. The number of fused-ring (bicyclic) bond motifs is 5. The number of aromatic hydroxyl groups is 1. The van der Waals surface area contributed by atoms with Crippen molar-refractivity contribution in [2.45, 2.75) is 77.2 Å². The Hall–Kier alpha value is -1.02. The van der Waals surface area contributed by atoms with E-state index in [1.807, 2.05) is 12.1 Å². The summed E-state index contributed by atoms with van der Waals surface area (Å²) in [7, 11) is 0. The van der Waals surface area contributed by atoms with Crippen LogP contribution in [0.4, 0.5) is 0 Å². The molecule has 2 saturated carbocycles. The van der Waals surface area contributed by atoms with Crippen LogP contribution in [0.2, 0.25) is 0 Å². The largest absolute Gasteiger partial charge is 0.508 e. The van der Waals surface area contributed by atoms with Gasteiger partial charge >= 0.3 is 0 Å². The van der Waals surface area contributed by atoms with Gasteiger partial charge in [0.25, 0.3) is 0 Å². The van der Waals surface area contributed by atoms with Gasteiger partial charge in [-0.25, -0.2) is 0 Å². The predicted molar refractivity (Wildman–Crippen MR) is 97.1 cm³/mol. The highest BCUT2D eigenvalue weighted by Gasteiger charge is 2.57. The van der Waals surface area contributed by atoms with E-state index in [-0.39, 0.29) is 11.5 Å². The Balaban J connectivity index is 1.61. The summed E-state index contributed by atoms with van der Waals surface area (Å²) in [6, 6.07) is 6.01. The van der Waals surface area contributed by atoms with Gasteiger partial charge in [-0.05, 0) is 90.9 Å². The fourth-order valence-electron chi connectivity index (χ4n) is 6.46. The lowest BCUT2D eigenvalue weighted by molar-refractivity contribution is -0.0335. The highest BCUT2D eigenvalue weighted by atomic mass is 16.3. The van der Waals surface area contributed by atoms with E-state index in [1.54, 1.807) is 0 Å². The smallest absolute Gasteiger partial charge is 0.115 e. The zero-order valence-corrected chi connectivity index (χ0v) is 15.2. The summed E-state index contributed by atoms with van der Waals surface area (Å²) in [6.07, 6.45) is 9.49. The zero-order valence-electron chi connectivity index (χ0n) is 15.2. The molecular weight excluding hydrogens is 296 g/mol. The third-order valence-electron chi connectivity index (χ3n) is 7.76. The van der Waals surface area contributed by atoms with E-state index < -0.39 is 0 Å². The molecule has 2 heteroatoms. The molecule has 0 bridgehead atoms. The molecule has 0 aromatic heterocycles. The molecule has 0 radical (unpaired) electrons. The lowest BCUT2D eigenvalue weighted by atomic mass is 9.55. The number of aliphatic hydroxyl groups is 1. The summed E-state index contributed by atoms with van der Waals surface area (Å²) in [4.78, 5) is 0. The Labute approximate surface area is 146 Å². The molecule has 2 fully saturated rings. The van der Waals surface area contributed by atoms with Crippen LogP contribution in [0.5, 0.6) is 5.75 Å². The number of phenols is 1. The number of hydrogen-bond acceptors (Lipinski definition) is 2. The van der Waals surface area contributed by atoms with Crippen molar-refractivity contribution in [1.29, 1.82) is 0 Å². The van der Waals surface area contributed by atoms with E-state index in [0.29, 0.717) is 23.5 Å². The van der Waals surface area contributed by atoms with Gasteiger partial charge in [-0.1, -0.05) is 32.8 Å². The molecule has 1 aromatic carbocycles. The lowest BCUT2D eigenvalue weighted by Crippen LogP contribution is -2.44. The molecule has 0 amide bonds. The van der Waals surface area contributed by atoms with Crippen LogP contribution >= 0.6 is 0 Å². The molecule has 1 aromatic rings. The highest BCUT2D eigenvalue weighted by molar-refractivity contribution is 5.40. The van der Waals surface area contributed by atoms with Gasteiger partial charge in [-0.15, -0.1) is 0 Å². The van der Waals surface area contributed by atoms with Crippen LogP contribution < -0.4 is 0 Å². The Morgan fingerprint density at radius 3 is 2.88 bits per heavy atom. The van der Waals surface area contributed by atoms with Crippen LogP contribution in [0.3, 0.4) is 0 Å². The number of aryl methyl sites for hydroxylation is 1. The molecule has 3 aliphatic rings. The number of rotatable bonds is 3. The lowest BCUT2D eigenvalue weighted by Gasteiger charge is -2.50. The maximum Gasteiger partial charge on any atom is 0.115 e. The van der Waals surface area contributed by atoms with E-state index in [0.717, 1.165) is 18.8 Å². The predicted octanol–water partition coefficient (Wildman–Crippen LogP) is 5.03. The van der Waals surface area contributed by atoms with Crippen molar-refractivity contribution in [3.05, 3.63) is 29.3 Å². The van der Waals surface area contributed by atoms with Gasteiger partial charge in [0.05, 0.1) is 6.10 Å². The van der Waals surface area contributed by atoms with Crippen LogP contribution in [0.1, 0.15) is 75.8 Å². The SMILES string of the molecule is CCCC[C@H]1C[C@H]2[C@@H]3CCc4cc(O)ccc4[C@H]3CC[C@]2(C)[C@H]1O. The number of phenolic OH excluding ortho intramolecular Hbond substituents is 1. The molecule has 4 rings (SSSR count). The van der Waals surface area contributed by atoms with Crippen LogP contribution in [0, 0.1) is 23.2 Å². The molecule has 2 nitrogen and oxygen atoms in total. The molecule has 0 heterocycles. The average Bonchev–Trinajstić information content (AvgIpc) is 2.84. The first-order valence-electron chi connectivity index (χ1n) is 10.0. The molecular formula is C22H32O2. The number of aliphatic hydroxyl groups excluding tert-OH is 1. The molecule has 24 heavy (non-hydrogen) atoms. The van der Waals surface area contributed by atoms with Gasteiger partial charge in [0.2, 0.25) is 0 Å². The molecule has 0 unspecified atom stereocenters. The molecule has 0 saturated heterocycles. The van der Waals surface area contributed by atoms with Crippen LogP contribution in [-0.4, -0.2) is 16.3 Å². The minimum atomic E-state index is -0.101. The average molecular weight is 328 g/mol. The van der Waals surface area contributed by atoms with Crippen LogP contribution in [-0.2, 0) is 6.42 Å². The molecule has 132 valence electrons. The Morgan fingerprint density at radius 1 is 1.25 bits per heavy atom. The first kappa shape index (κ1) is 16.4. The third-order valence-corrected chi connectivity index (χ3v) is 7.76. The second-order valence-electron chi connectivity index (χ2n) is 8.93. The maximum atomic E-state index is 11.1. The molecule has 0 aliphatic heterocycles. The summed E-state index contributed by atoms with van der Waals surface area (Å²) in [6.45, 7) is 4.62. The fourth-order valence-corrected chi connectivity index (χ4v) is 6.46. The quantitative estimate of drug-likeness (QED) is 0.817. The van der Waals surface area contributed by atoms with E-state index in [2.05, 4.69) is 19.9 Å². The van der Waals surface area contributed by atoms with Gasteiger partial charge in [-0.2, -0.15) is 0 Å². The minimum absolute atomic E-state index is 0.101. The van der Waals surface area contributed by atoms with Gasteiger partial charge in [0.15, 0.2) is 0 Å². The number of benzene rings is 1. The van der Waals surface area contributed by atoms with Crippen molar-refractivity contribution in [3.63, 3.8) is 0 Å². The van der Waals surface area contributed by atoms with Gasteiger partial charge in [0, 0.05) is 0 Å².